The number of nitrogens with one attached hydrogen (secondary N) is 2. The van der Waals surface area contributed by atoms with Crippen molar-refractivity contribution in [3.63, 3.8) is 0 Å². The molecule has 152 valence electrons. The van der Waals surface area contributed by atoms with E-state index in [1.807, 2.05) is 0 Å². The third-order valence-electron chi connectivity index (χ3n) is 4.89. The van der Waals surface area contributed by atoms with Crippen LogP contribution >= 0.6 is 0 Å². The summed E-state index contributed by atoms with van der Waals surface area (Å²) in [5.74, 6) is 1.42. The molecule has 0 spiro atoms. The number of aromatic nitrogens is 1. The van der Waals surface area contributed by atoms with Gasteiger partial charge in [-0.2, -0.15) is 4.31 Å². The highest BCUT2D eigenvalue weighted by Gasteiger charge is 2.27. The molecular weight excluding hydrogens is 374 g/mol. The Bertz CT molecular complexity index is 859. The van der Waals surface area contributed by atoms with Crippen molar-refractivity contribution in [1.82, 2.24) is 4.31 Å². The van der Waals surface area contributed by atoms with Crippen LogP contribution < -0.4 is 10.3 Å². The zero-order valence-corrected chi connectivity index (χ0v) is 17.6. The van der Waals surface area contributed by atoms with E-state index in [1.165, 1.54) is 15.4 Å². The maximum atomic E-state index is 12.7. The molecule has 3 rings (SSSR count). The maximum Gasteiger partial charge on any atom is 0.272 e. The van der Waals surface area contributed by atoms with Crippen LogP contribution in [0, 0.1) is 5.92 Å². The minimum atomic E-state index is -3.48. The van der Waals surface area contributed by atoms with E-state index in [4.69, 9.17) is 4.74 Å². The standard InChI is InChI=1S/C21H29N3O3S/c1-16(2)14-18-4-6-19(7-5-18)17(3)23-21-9-8-20(15-22-21)28(25,26)24-10-12-27-13-11-24/h4-9,15-17H,10-14H2,1-3H3,(H,22,23)/p+1/t17-/m0/s1. The average molecular weight is 405 g/mol. The Morgan fingerprint density at radius 2 is 1.75 bits per heavy atom. The molecule has 7 heteroatoms. The summed E-state index contributed by atoms with van der Waals surface area (Å²) in [4.78, 5) is 3.34. The number of ether oxygens (including phenoxy) is 1. The van der Waals surface area contributed by atoms with Crippen LogP contribution in [0.3, 0.4) is 0 Å². The second-order valence-corrected chi connectivity index (χ2v) is 9.60. The average Bonchev–Trinajstić information content (AvgIpc) is 2.69. The summed E-state index contributed by atoms with van der Waals surface area (Å²) in [6.45, 7) is 8.20. The smallest absolute Gasteiger partial charge is 0.272 e. The fourth-order valence-corrected chi connectivity index (χ4v) is 4.70. The Morgan fingerprint density at radius 3 is 2.32 bits per heavy atom. The number of benzene rings is 1. The fourth-order valence-electron chi connectivity index (χ4n) is 3.33. The van der Waals surface area contributed by atoms with Crippen LogP contribution in [-0.4, -0.2) is 39.0 Å². The van der Waals surface area contributed by atoms with Gasteiger partial charge in [-0.05, 0) is 36.5 Å². The molecule has 0 saturated carbocycles. The van der Waals surface area contributed by atoms with Gasteiger partial charge in [-0.3, -0.25) is 5.32 Å². The number of hydrogen-bond acceptors (Lipinski definition) is 4. The van der Waals surface area contributed by atoms with Gasteiger partial charge in [-0.25, -0.2) is 13.4 Å². The number of aromatic amines is 1. The molecule has 1 aliphatic rings. The van der Waals surface area contributed by atoms with E-state index in [-0.39, 0.29) is 10.9 Å². The first-order valence-electron chi connectivity index (χ1n) is 9.81. The summed E-state index contributed by atoms with van der Waals surface area (Å²) in [7, 11) is -3.48. The number of anilines is 1. The number of rotatable bonds is 7. The maximum absolute atomic E-state index is 12.7. The van der Waals surface area contributed by atoms with Crippen molar-refractivity contribution in [3.8, 4) is 0 Å². The monoisotopic (exact) mass is 404 g/mol. The number of hydrogen-bond donors (Lipinski definition) is 1. The fraction of sp³-hybridized carbons (Fsp3) is 0.476. The van der Waals surface area contributed by atoms with Crippen LogP contribution in [0.25, 0.3) is 0 Å². The Labute approximate surface area is 168 Å². The number of pyridine rings is 1. The molecule has 2 heterocycles. The van der Waals surface area contributed by atoms with E-state index < -0.39 is 10.0 Å². The molecule has 1 aliphatic heterocycles. The van der Waals surface area contributed by atoms with Crippen LogP contribution in [0.4, 0.5) is 5.82 Å². The van der Waals surface area contributed by atoms with E-state index in [9.17, 15) is 8.42 Å². The molecule has 1 aromatic heterocycles. The van der Waals surface area contributed by atoms with E-state index in [1.54, 1.807) is 18.3 Å². The summed E-state index contributed by atoms with van der Waals surface area (Å²) in [6, 6.07) is 12.2. The predicted molar refractivity (Wildman–Crippen MR) is 110 cm³/mol. The normalized spacial score (nSPS) is 16.9. The highest BCUT2D eigenvalue weighted by atomic mass is 32.2. The summed E-state index contributed by atoms with van der Waals surface area (Å²) in [5.41, 5.74) is 2.53. The van der Waals surface area contributed by atoms with Crippen molar-refractivity contribution < 1.29 is 18.1 Å². The zero-order valence-electron chi connectivity index (χ0n) is 16.8. The minimum absolute atomic E-state index is 0.103. The van der Waals surface area contributed by atoms with Gasteiger partial charge in [0.15, 0.2) is 0 Å². The molecule has 1 fully saturated rings. The van der Waals surface area contributed by atoms with Gasteiger partial charge >= 0.3 is 0 Å². The lowest BCUT2D eigenvalue weighted by Gasteiger charge is -2.25. The minimum Gasteiger partial charge on any atom is -0.379 e. The van der Waals surface area contributed by atoms with Crippen molar-refractivity contribution in [3.05, 3.63) is 53.7 Å². The lowest BCUT2D eigenvalue weighted by Crippen LogP contribution is -2.40. The molecule has 1 saturated heterocycles. The van der Waals surface area contributed by atoms with Crippen molar-refractivity contribution >= 4 is 15.8 Å². The van der Waals surface area contributed by atoms with Gasteiger partial charge in [-0.1, -0.05) is 38.1 Å². The second kappa shape index (κ2) is 9.03. The lowest BCUT2D eigenvalue weighted by molar-refractivity contribution is -0.364. The molecule has 0 unspecified atom stereocenters. The van der Waals surface area contributed by atoms with Gasteiger partial charge in [-0.15, -0.1) is 0 Å². The topological polar surface area (TPSA) is 72.8 Å². The van der Waals surface area contributed by atoms with Gasteiger partial charge in [0.05, 0.1) is 13.2 Å². The quantitative estimate of drug-likeness (QED) is 0.770. The summed E-state index contributed by atoms with van der Waals surface area (Å²) >= 11 is 0. The first kappa shape index (κ1) is 20.8. The third kappa shape index (κ3) is 5.10. The molecule has 6 nitrogen and oxygen atoms in total. The number of nitrogens with zero attached hydrogens (tertiary/aromatic N) is 1. The van der Waals surface area contributed by atoms with Crippen molar-refractivity contribution in [2.45, 2.75) is 38.1 Å². The summed E-state index contributed by atoms with van der Waals surface area (Å²) in [6.07, 6.45) is 2.63. The Balaban J connectivity index is 1.65. The van der Waals surface area contributed by atoms with Gasteiger partial charge in [0.2, 0.25) is 10.0 Å². The van der Waals surface area contributed by atoms with Gasteiger partial charge in [0.1, 0.15) is 17.1 Å². The van der Waals surface area contributed by atoms with Crippen LogP contribution in [0.5, 0.6) is 0 Å². The Morgan fingerprint density at radius 1 is 1.07 bits per heavy atom. The Kier molecular flexibility index (Phi) is 6.69. The third-order valence-corrected chi connectivity index (χ3v) is 6.78. The van der Waals surface area contributed by atoms with E-state index >= 15 is 0 Å². The van der Waals surface area contributed by atoms with Crippen LogP contribution in [0.15, 0.2) is 47.5 Å². The predicted octanol–water partition coefficient (Wildman–Crippen LogP) is 2.89. The van der Waals surface area contributed by atoms with E-state index in [2.05, 4.69) is 55.3 Å². The highest BCUT2D eigenvalue weighted by molar-refractivity contribution is 7.89. The first-order chi connectivity index (χ1) is 13.4. The number of H-pyrrole nitrogens is 1. The van der Waals surface area contributed by atoms with Crippen LogP contribution in [-0.2, 0) is 21.2 Å². The van der Waals surface area contributed by atoms with E-state index in [0.29, 0.717) is 32.2 Å². The zero-order chi connectivity index (χ0) is 20.1. The van der Waals surface area contributed by atoms with Gasteiger partial charge in [0, 0.05) is 19.2 Å². The molecule has 1 atom stereocenters. The SMILES string of the molecule is CC(C)Cc1ccc([C@H](C)Nc2ccc(S(=O)(=O)N3CCOCC3)c[nH+]2)cc1. The highest BCUT2D eigenvalue weighted by Crippen LogP contribution is 2.20. The molecule has 2 aromatic rings. The molecule has 0 bridgehead atoms. The van der Waals surface area contributed by atoms with Crippen molar-refractivity contribution in [2.75, 3.05) is 31.6 Å². The van der Waals surface area contributed by atoms with Crippen LogP contribution in [0.2, 0.25) is 0 Å². The molecule has 1 aromatic carbocycles. The van der Waals surface area contributed by atoms with Crippen molar-refractivity contribution in [1.29, 1.82) is 0 Å². The number of sulfonamides is 1. The van der Waals surface area contributed by atoms with Gasteiger partial charge < -0.3 is 4.74 Å². The summed E-state index contributed by atoms with van der Waals surface area (Å²) < 4.78 is 32.1. The largest absolute Gasteiger partial charge is 0.379 e. The molecule has 0 radical (unpaired) electrons. The summed E-state index contributed by atoms with van der Waals surface area (Å²) in [5, 5.41) is 3.39. The molecule has 28 heavy (non-hydrogen) atoms. The van der Waals surface area contributed by atoms with Crippen molar-refractivity contribution in [2.24, 2.45) is 5.92 Å². The lowest BCUT2D eigenvalue weighted by atomic mass is 10.00. The van der Waals surface area contributed by atoms with E-state index in [0.717, 1.165) is 12.2 Å². The molecule has 0 amide bonds. The molecular formula is C21H30N3O3S+. The van der Waals surface area contributed by atoms with Gasteiger partial charge in [0.25, 0.3) is 5.82 Å². The second-order valence-electron chi connectivity index (χ2n) is 7.66. The molecule has 2 N–H and O–H groups in total. The molecule has 0 aliphatic carbocycles. The Hall–Kier alpha value is -1.96. The van der Waals surface area contributed by atoms with Crippen LogP contribution in [0.1, 0.15) is 37.9 Å². The number of morpholine rings is 1. The first-order valence-corrected chi connectivity index (χ1v) is 11.3.